The normalized spacial score (nSPS) is 24.0. The van der Waals surface area contributed by atoms with Gasteiger partial charge in [0.15, 0.2) is 17.7 Å². The van der Waals surface area contributed by atoms with Crippen molar-refractivity contribution in [3.05, 3.63) is 60.5 Å². The van der Waals surface area contributed by atoms with Gasteiger partial charge in [0.2, 0.25) is 0 Å². The number of hydrogen-bond acceptors (Lipinski definition) is 8. The van der Waals surface area contributed by atoms with Gasteiger partial charge >= 0.3 is 0 Å². The zero-order valence-electron chi connectivity index (χ0n) is 15.6. The van der Waals surface area contributed by atoms with Crippen LogP contribution in [0.4, 0.5) is 10.2 Å². The van der Waals surface area contributed by atoms with E-state index in [1.165, 1.54) is 41.5 Å². The SMILES string of the molecule is Nc1ncnc2c1ncn2[C@@H]1O[C@H](/C=C/CNC(=O)c2cccc(F)c2)[C@@H](O)[C@H]1O. The number of hydrogen-bond donors (Lipinski definition) is 4. The van der Waals surface area contributed by atoms with Crippen molar-refractivity contribution in [1.82, 2.24) is 24.8 Å². The molecule has 0 aliphatic carbocycles. The number of anilines is 1. The van der Waals surface area contributed by atoms with E-state index in [0.29, 0.717) is 11.2 Å². The number of benzene rings is 1. The average molecular weight is 414 g/mol. The van der Waals surface area contributed by atoms with Crippen molar-refractivity contribution in [2.45, 2.75) is 24.5 Å². The highest BCUT2D eigenvalue weighted by Crippen LogP contribution is 2.32. The molecule has 10 nitrogen and oxygen atoms in total. The molecule has 156 valence electrons. The monoisotopic (exact) mass is 414 g/mol. The summed E-state index contributed by atoms with van der Waals surface area (Å²) in [6.45, 7) is 0.125. The minimum atomic E-state index is -1.24. The van der Waals surface area contributed by atoms with Gasteiger partial charge in [-0.15, -0.1) is 0 Å². The van der Waals surface area contributed by atoms with Crippen LogP contribution in [0.2, 0.25) is 0 Å². The second kappa shape index (κ2) is 8.14. The van der Waals surface area contributed by atoms with Crippen molar-refractivity contribution in [3.63, 3.8) is 0 Å². The molecular formula is C19H19FN6O4. The molecule has 0 spiro atoms. The van der Waals surface area contributed by atoms with Gasteiger partial charge in [-0.3, -0.25) is 9.36 Å². The van der Waals surface area contributed by atoms with Crippen molar-refractivity contribution >= 4 is 22.9 Å². The van der Waals surface area contributed by atoms with E-state index in [-0.39, 0.29) is 17.9 Å². The summed E-state index contributed by atoms with van der Waals surface area (Å²) in [5.74, 6) is -0.746. The summed E-state index contributed by atoms with van der Waals surface area (Å²) in [7, 11) is 0. The molecule has 1 amide bonds. The number of aromatic nitrogens is 4. The summed E-state index contributed by atoms with van der Waals surface area (Å²) in [6, 6.07) is 5.33. The zero-order chi connectivity index (χ0) is 21.3. The van der Waals surface area contributed by atoms with Gasteiger partial charge in [-0.05, 0) is 18.2 Å². The summed E-state index contributed by atoms with van der Waals surface area (Å²) in [5.41, 5.74) is 6.69. The van der Waals surface area contributed by atoms with Gasteiger partial charge in [0.1, 0.15) is 36.0 Å². The van der Waals surface area contributed by atoms with Gasteiger partial charge in [0.05, 0.1) is 6.33 Å². The maximum absolute atomic E-state index is 13.2. The molecule has 1 saturated heterocycles. The Kier molecular flexibility index (Phi) is 5.40. The summed E-state index contributed by atoms with van der Waals surface area (Å²) in [6.07, 6.45) is 1.57. The van der Waals surface area contributed by atoms with E-state index in [2.05, 4.69) is 20.3 Å². The number of nitrogens with zero attached hydrogens (tertiary/aromatic N) is 4. The Morgan fingerprint density at radius 1 is 1.30 bits per heavy atom. The average Bonchev–Trinajstić information content (AvgIpc) is 3.28. The summed E-state index contributed by atoms with van der Waals surface area (Å²) < 4.78 is 20.4. The van der Waals surface area contributed by atoms with Crippen LogP contribution in [0.5, 0.6) is 0 Å². The van der Waals surface area contributed by atoms with Crippen molar-refractivity contribution < 1.29 is 24.1 Å². The lowest BCUT2D eigenvalue weighted by Crippen LogP contribution is -2.31. The highest BCUT2D eigenvalue weighted by atomic mass is 19.1. The van der Waals surface area contributed by atoms with Crippen LogP contribution in [0.3, 0.4) is 0 Å². The van der Waals surface area contributed by atoms with E-state index < -0.39 is 36.3 Å². The number of imidazole rings is 1. The van der Waals surface area contributed by atoms with Crippen LogP contribution < -0.4 is 11.1 Å². The highest BCUT2D eigenvalue weighted by molar-refractivity contribution is 5.94. The molecular weight excluding hydrogens is 395 g/mol. The molecule has 30 heavy (non-hydrogen) atoms. The fourth-order valence-electron chi connectivity index (χ4n) is 3.22. The molecule has 4 atom stereocenters. The molecule has 0 unspecified atom stereocenters. The Hall–Kier alpha value is -3.41. The maximum Gasteiger partial charge on any atom is 0.251 e. The van der Waals surface area contributed by atoms with Crippen molar-refractivity contribution in [3.8, 4) is 0 Å². The lowest BCUT2D eigenvalue weighted by molar-refractivity contribution is -0.0245. The second-order valence-electron chi connectivity index (χ2n) is 6.70. The van der Waals surface area contributed by atoms with Gasteiger partial charge in [0.25, 0.3) is 5.91 Å². The number of aliphatic hydroxyl groups excluding tert-OH is 2. The third-order valence-corrected chi connectivity index (χ3v) is 4.73. The minimum absolute atomic E-state index is 0.125. The first kappa shape index (κ1) is 19.9. The molecule has 1 aliphatic rings. The number of fused-ring (bicyclic) bond motifs is 1. The number of aliphatic hydroxyl groups is 2. The molecule has 3 heterocycles. The van der Waals surface area contributed by atoms with Crippen LogP contribution in [-0.2, 0) is 4.74 Å². The molecule has 5 N–H and O–H groups in total. The Morgan fingerprint density at radius 2 is 2.13 bits per heavy atom. The predicted molar refractivity (Wildman–Crippen MR) is 104 cm³/mol. The first-order valence-corrected chi connectivity index (χ1v) is 9.10. The third kappa shape index (κ3) is 3.73. The number of ether oxygens (including phenoxy) is 1. The number of carbonyl (C=O) groups excluding carboxylic acids is 1. The van der Waals surface area contributed by atoms with Crippen molar-refractivity contribution in [1.29, 1.82) is 0 Å². The lowest BCUT2D eigenvalue weighted by Gasteiger charge is -2.16. The van der Waals surface area contributed by atoms with Crippen LogP contribution in [-0.4, -0.2) is 60.5 Å². The minimum Gasteiger partial charge on any atom is -0.387 e. The van der Waals surface area contributed by atoms with Crippen molar-refractivity contribution in [2.75, 3.05) is 12.3 Å². The van der Waals surface area contributed by atoms with Gasteiger partial charge in [-0.1, -0.05) is 18.2 Å². The summed E-state index contributed by atoms with van der Waals surface area (Å²) in [4.78, 5) is 24.1. The van der Waals surface area contributed by atoms with Crippen LogP contribution in [0.25, 0.3) is 11.2 Å². The number of nitrogen functional groups attached to an aromatic ring is 1. The standard InChI is InChI=1S/C19H19FN6O4/c20-11-4-1-3-10(7-11)18(29)22-6-2-5-12-14(27)15(28)19(30-12)26-9-25-13-16(21)23-8-24-17(13)26/h1-5,7-9,12,14-15,19,27-28H,6H2,(H,22,29)(H2,21,23,24)/b5-2+/t12-,14-,15-,19-/m1/s1. The van der Waals surface area contributed by atoms with Crippen LogP contribution in [0.15, 0.2) is 49.1 Å². The Labute approximate surface area is 169 Å². The zero-order valence-corrected chi connectivity index (χ0v) is 15.6. The Balaban J connectivity index is 1.40. The van der Waals surface area contributed by atoms with Crippen LogP contribution in [0, 0.1) is 5.82 Å². The van der Waals surface area contributed by atoms with E-state index in [1.54, 1.807) is 6.08 Å². The second-order valence-corrected chi connectivity index (χ2v) is 6.70. The van der Waals surface area contributed by atoms with E-state index in [1.807, 2.05) is 0 Å². The van der Waals surface area contributed by atoms with Gasteiger partial charge in [-0.25, -0.2) is 19.3 Å². The molecule has 1 aliphatic heterocycles. The topological polar surface area (TPSA) is 148 Å². The van der Waals surface area contributed by atoms with Crippen molar-refractivity contribution in [2.24, 2.45) is 0 Å². The number of nitrogens with one attached hydrogen (secondary N) is 1. The Morgan fingerprint density at radius 3 is 2.93 bits per heavy atom. The first-order chi connectivity index (χ1) is 14.5. The molecule has 1 aromatic carbocycles. The predicted octanol–water partition coefficient (Wildman–Crippen LogP) is 0.153. The molecule has 0 saturated carbocycles. The molecule has 0 bridgehead atoms. The van der Waals surface area contributed by atoms with Crippen LogP contribution in [0.1, 0.15) is 16.6 Å². The number of carbonyl (C=O) groups is 1. The molecule has 2 aromatic heterocycles. The summed E-state index contributed by atoms with van der Waals surface area (Å²) >= 11 is 0. The fraction of sp³-hybridized carbons (Fsp3) is 0.263. The highest BCUT2D eigenvalue weighted by Gasteiger charge is 2.43. The largest absolute Gasteiger partial charge is 0.387 e. The summed E-state index contributed by atoms with van der Waals surface area (Å²) in [5, 5.41) is 23.3. The van der Waals surface area contributed by atoms with Crippen LogP contribution >= 0.6 is 0 Å². The maximum atomic E-state index is 13.2. The number of amides is 1. The Bertz CT molecular complexity index is 1100. The van der Waals surface area contributed by atoms with E-state index in [4.69, 9.17) is 10.5 Å². The number of nitrogens with two attached hydrogens (primary N) is 1. The van der Waals surface area contributed by atoms with E-state index in [0.717, 1.165) is 6.07 Å². The molecule has 3 aromatic rings. The molecule has 4 rings (SSSR count). The smallest absolute Gasteiger partial charge is 0.251 e. The molecule has 11 heteroatoms. The van der Waals surface area contributed by atoms with E-state index in [9.17, 15) is 19.4 Å². The molecule has 0 radical (unpaired) electrons. The number of rotatable bonds is 5. The lowest BCUT2D eigenvalue weighted by atomic mass is 10.1. The first-order valence-electron chi connectivity index (χ1n) is 9.10. The number of halogens is 1. The molecule has 1 fully saturated rings. The fourth-order valence-corrected chi connectivity index (χ4v) is 3.22. The van der Waals surface area contributed by atoms with Gasteiger partial charge < -0.3 is 26.0 Å². The quantitative estimate of drug-likeness (QED) is 0.431. The van der Waals surface area contributed by atoms with E-state index >= 15 is 0 Å². The third-order valence-electron chi connectivity index (χ3n) is 4.73. The van der Waals surface area contributed by atoms with Gasteiger partial charge in [-0.2, -0.15) is 0 Å². The van der Waals surface area contributed by atoms with Gasteiger partial charge in [0, 0.05) is 12.1 Å².